The highest BCUT2D eigenvalue weighted by atomic mass is 16.3. The SMILES string of the molecule is CCCC1CCC(O)C(N(C)C2CCC(C)(C)CC2)C1. The van der Waals surface area contributed by atoms with Gasteiger partial charge in [-0.2, -0.15) is 0 Å². The second-order valence-electron chi connectivity index (χ2n) is 8.16. The van der Waals surface area contributed by atoms with Crippen LogP contribution in [0.4, 0.5) is 0 Å². The summed E-state index contributed by atoms with van der Waals surface area (Å²) in [6.07, 6.45) is 11.3. The Morgan fingerprint density at radius 1 is 1.10 bits per heavy atom. The first-order valence-corrected chi connectivity index (χ1v) is 8.83. The van der Waals surface area contributed by atoms with Crippen molar-refractivity contribution in [3.05, 3.63) is 0 Å². The molecule has 2 saturated carbocycles. The lowest BCUT2D eigenvalue weighted by atomic mass is 9.74. The van der Waals surface area contributed by atoms with Crippen molar-refractivity contribution in [3.8, 4) is 0 Å². The Morgan fingerprint density at radius 3 is 2.35 bits per heavy atom. The summed E-state index contributed by atoms with van der Waals surface area (Å²) < 4.78 is 0. The first-order chi connectivity index (χ1) is 9.43. The molecule has 0 aromatic rings. The van der Waals surface area contributed by atoms with Gasteiger partial charge in [0, 0.05) is 12.1 Å². The molecule has 0 bridgehead atoms. The Labute approximate surface area is 125 Å². The maximum atomic E-state index is 10.4. The van der Waals surface area contributed by atoms with Crippen molar-refractivity contribution >= 4 is 0 Å². The molecule has 2 fully saturated rings. The number of likely N-dealkylation sites (N-methyl/N-ethyl adjacent to an activating group) is 1. The van der Waals surface area contributed by atoms with Crippen molar-refractivity contribution in [3.63, 3.8) is 0 Å². The maximum absolute atomic E-state index is 10.4. The van der Waals surface area contributed by atoms with Crippen molar-refractivity contribution < 1.29 is 5.11 Å². The van der Waals surface area contributed by atoms with Crippen molar-refractivity contribution in [1.29, 1.82) is 0 Å². The fraction of sp³-hybridized carbons (Fsp3) is 1.00. The van der Waals surface area contributed by atoms with E-state index in [1.807, 2.05) is 0 Å². The third-order valence-corrected chi connectivity index (χ3v) is 5.99. The summed E-state index contributed by atoms with van der Waals surface area (Å²) in [5.74, 6) is 0.843. The first-order valence-electron chi connectivity index (χ1n) is 8.83. The number of aliphatic hydroxyl groups excluding tert-OH is 1. The van der Waals surface area contributed by atoms with E-state index in [-0.39, 0.29) is 6.10 Å². The minimum absolute atomic E-state index is 0.0944. The van der Waals surface area contributed by atoms with Gasteiger partial charge < -0.3 is 5.11 Å². The zero-order valence-corrected chi connectivity index (χ0v) is 14.1. The second kappa shape index (κ2) is 6.79. The minimum atomic E-state index is -0.0944. The van der Waals surface area contributed by atoms with Crippen LogP contribution in [0.25, 0.3) is 0 Å². The monoisotopic (exact) mass is 281 g/mol. The third kappa shape index (κ3) is 3.98. The molecule has 0 radical (unpaired) electrons. The van der Waals surface area contributed by atoms with E-state index in [0.29, 0.717) is 17.5 Å². The van der Waals surface area contributed by atoms with Crippen LogP contribution in [0.3, 0.4) is 0 Å². The normalized spacial score (nSPS) is 35.4. The van der Waals surface area contributed by atoms with Gasteiger partial charge in [0.25, 0.3) is 0 Å². The Hall–Kier alpha value is -0.0800. The Bertz CT molecular complexity index is 292. The van der Waals surface area contributed by atoms with Crippen LogP contribution in [0, 0.1) is 11.3 Å². The number of nitrogens with zero attached hydrogens (tertiary/aromatic N) is 1. The summed E-state index contributed by atoms with van der Waals surface area (Å²) in [6.45, 7) is 7.08. The third-order valence-electron chi connectivity index (χ3n) is 5.99. The smallest absolute Gasteiger partial charge is 0.0695 e. The quantitative estimate of drug-likeness (QED) is 0.834. The maximum Gasteiger partial charge on any atom is 0.0695 e. The van der Waals surface area contributed by atoms with Crippen LogP contribution in [0.2, 0.25) is 0 Å². The van der Waals surface area contributed by atoms with Gasteiger partial charge >= 0.3 is 0 Å². The molecule has 0 aromatic heterocycles. The van der Waals surface area contributed by atoms with Gasteiger partial charge in [-0.05, 0) is 63.3 Å². The van der Waals surface area contributed by atoms with Gasteiger partial charge in [0.05, 0.1) is 6.10 Å². The second-order valence-corrected chi connectivity index (χ2v) is 8.16. The van der Waals surface area contributed by atoms with Crippen LogP contribution in [-0.4, -0.2) is 35.2 Å². The summed E-state index contributed by atoms with van der Waals surface area (Å²) in [6, 6.07) is 1.11. The molecule has 3 atom stereocenters. The van der Waals surface area contributed by atoms with Crippen molar-refractivity contribution in [2.45, 2.75) is 96.7 Å². The highest BCUT2D eigenvalue weighted by Gasteiger charge is 2.36. The highest BCUT2D eigenvalue weighted by Crippen LogP contribution is 2.39. The number of hydrogen-bond donors (Lipinski definition) is 1. The average molecular weight is 281 g/mol. The molecule has 2 heteroatoms. The summed E-state index contributed by atoms with van der Waals surface area (Å²) >= 11 is 0. The molecule has 20 heavy (non-hydrogen) atoms. The van der Waals surface area contributed by atoms with Crippen LogP contribution >= 0.6 is 0 Å². The molecule has 0 heterocycles. The first kappa shape index (κ1) is 16.3. The van der Waals surface area contributed by atoms with Crippen molar-refractivity contribution in [2.75, 3.05) is 7.05 Å². The van der Waals surface area contributed by atoms with Gasteiger partial charge in [-0.25, -0.2) is 0 Å². The van der Waals surface area contributed by atoms with E-state index >= 15 is 0 Å². The Morgan fingerprint density at radius 2 is 1.75 bits per heavy atom. The predicted octanol–water partition coefficient (Wildman–Crippen LogP) is 4.22. The number of hydrogen-bond acceptors (Lipinski definition) is 2. The van der Waals surface area contributed by atoms with E-state index in [4.69, 9.17) is 0 Å². The van der Waals surface area contributed by atoms with E-state index in [1.165, 1.54) is 51.4 Å². The lowest BCUT2D eigenvalue weighted by Gasteiger charge is -2.45. The standard InChI is InChI=1S/C18H35NO/c1-5-6-14-7-8-17(20)16(13-14)19(4)15-9-11-18(2,3)12-10-15/h14-17,20H,5-13H2,1-4H3. The molecular weight excluding hydrogens is 246 g/mol. The number of aliphatic hydroxyl groups is 1. The van der Waals surface area contributed by atoms with Gasteiger partial charge in [-0.3, -0.25) is 4.90 Å². The van der Waals surface area contributed by atoms with E-state index < -0.39 is 0 Å². The summed E-state index contributed by atoms with van der Waals surface area (Å²) in [4.78, 5) is 2.54. The van der Waals surface area contributed by atoms with Gasteiger partial charge in [0.2, 0.25) is 0 Å². The predicted molar refractivity (Wildman–Crippen MR) is 85.8 cm³/mol. The zero-order chi connectivity index (χ0) is 14.8. The highest BCUT2D eigenvalue weighted by molar-refractivity contribution is 4.91. The van der Waals surface area contributed by atoms with Crippen LogP contribution in [-0.2, 0) is 0 Å². The molecule has 0 aliphatic heterocycles. The molecule has 0 aromatic carbocycles. The van der Waals surface area contributed by atoms with Crippen molar-refractivity contribution in [2.24, 2.45) is 11.3 Å². The van der Waals surface area contributed by atoms with E-state index in [0.717, 1.165) is 12.3 Å². The molecule has 0 saturated heterocycles. The fourth-order valence-electron chi connectivity index (χ4n) is 4.39. The summed E-state index contributed by atoms with van der Waals surface area (Å²) in [5, 5.41) is 10.4. The van der Waals surface area contributed by atoms with E-state index in [1.54, 1.807) is 0 Å². The molecule has 2 aliphatic carbocycles. The molecule has 0 spiro atoms. The molecule has 2 aliphatic rings. The largest absolute Gasteiger partial charge is 0.391 e. The molecule has 2 nitrogen and oxygen atoms in total. The Kier molecular flexibility index (Phi) is 5.53. The fourth-order valence-corrected chi connectivity index (χ4v) is 4.39. The van der Waals surface area contributed by atoms with E-state index in [2.05, 4.69) is 32.7 Å². The molecule has 1 N–H and O–H groups in total. The average Bonchev–Trinajstić information content (AvgIpc) is 2.40. The van der Waals surface area contributed by atoms with E-state index in [9.17, 15) is 5.11 Å². The van der Waals surface area contributed by atoms with Crippen LogP contribution in [0.5, 0.6) is 0 Å². The Balaban J connectivity index is 1.91. The lowest BCUT2D eigenvalue weighted by Crippen LogP contribution is -2.51. The number of rotatable bonds is 4. The summed E-state index contributed by atoms with van der Waals surface area (Å²) in [7, 11) is 2.27. The van der Waals surface area contributed by atoms with Gasteiger partial charge in [-0.1, -0.05) is 33.6 Å². The lowest BCUT2D eigenvalue weighted by molar-refractivity contribution is -0.0180. The van der Waals surface area contributed by atoms with Gasteiger partial charge in [-0.15, -0.1) is 0 Å². The molecule has 118 valence electrons. The van der Waals surface area contributed by atoms with Crippen LogP contribution in [0.15, 0.2) is 0 Å². The van der Waals surface area contributed by atoms with Gasteiger partial charge in [0.15, 0.2) is 0 Å². The van der Waals surface area contributed by atoms with Gasteiger partial charge in [0.1, 0.15) is 0 Å². The summed E-state index contributed by atoms with van der Waals surface area (Å²) in [5.41, 5.74) is 0.535. The van der Waals surface area contributed by atoms with Crippen LogP contribution in [0.1, 0.15) is 78.6 Å². The topological polar surface area (TPSA) is 23.5 Å². The van der Waals surface area contributed by atoms with Crippen molar-refractivity contribution in [1.82, 2.24) is 4.90 Å². The molecule has 3 unspecified atom stereocenters. The molecule has 2 rings (SSSR count). The molecular formula is C18H35NO. The molecule has 0 amide bonds. The minimum Gasteiger partial charge on any atom is -0.391 e. The van der Waals surface area contributed by atoms with Crippen LogP contribution < -0.4 is 0 Å². The zero-order valence-electron chi connectivity index (χ0n) is 14.1.